The van der Waals surface area contributed by atoms with Gasteiger partial charge in [0, 0.05) is 10.5 Å². The molecule has 1 aliphatic rings. The highest BCUT2D eigenvalue weighted by Crippen LogP contribution is 2.18. The molecule has 0 saturated heterocycles. The van der Waals surface area contributed by atoms with Crippen LogP contribution in [-0.2, 0) is 14.3 Å². The lowest BCUT2D eigenvalue weighted by molar-refractivity contribution is -0.153. The number of hydrogen-bond acceptors (Lipinski definition) is 4. The molecular weight excluding hydrogens is 352 g/mol. The average molecular weight is 369 g/mol. The second-order valence-electron chi connectivity index (χ2n) is 5.08. The zero-order chi connectivity index (χ0) is 16.1. The van der Waals surface area contributed by atoms with Crippen molar-refractivity contribution >= 4 is 33.7 Å². The zero-order valence-corrected chi connectivity index (χ0v) is 13.7. The number of carbonyl (C=O) groups is 3. The first-order valence-electron chi connectivity index (χ1n) is 7.00. The van der Waals surface area contributed by atoms with Gasteiger partial charge in [-0.3, -0.25) is 14.4 Å². The molecule has 2 rings (SSSR count). The Bertz CT molecular complexity index is 587. The molecule has 118 valence electrons. The fourth-order valence-corrected chi connectivity index (χ4v) is 2.20. The van der Waals surface area contributed by atoms with E-state index in [0.29, 0.717) is 10.0 Å². The molecule has 1 saturated carbocycles. The number of ether oxygens (including phenoxy) is 1. The molecule has 2 amide bonds. The number of hydrogen-bond donors (Lipinski definition) is 2. The second-order valence-corrected chi connectivity index (χ2v) is 5.93. The molecule has 22 heavy (non-hydrogen) atoms. The molecule has 0 aliphatic heterocycles. The average Bonchev–Trinajstić information content (AvgIpc) is 3.29. The van der Waals surface area contributed by atoms with E-state index in [-0.39, 0.29) is 24.4 Å². The van der Waals surface area contributed by atoms with Crippen molar-refractivity contribution in [2.45, 2.75) is 31.9 Å². The van der Waals surface area contributed by atoms with Crippen molar-refractivity contribution in [2.75, 3.05) is 6.54 Å². The number of rotatable bonds is 6. The third-order valence-electron chi connectivity index (χ3n) is 3.11. The highest BCUT2D eigenvalue weighted by Gasteiger charge is 2.27. The Kier molecular flexibility index (Phi) is 5.54. The lowest BCUT2D eigenvalue weighted by atomic mass is 10.2. The predicted molar refractivity (Wildman–Crippen MR) is 83.2 cm³/mol. The normalized spacial score (nSPS) is 14.8. The highest BCUT2D eigenvalue weighted by atomic mass is 79.9. The van der Waals surface area contributed by atoms with Crippen molar-refractivity contribution in [3.63, 3.8) is 0 Å². The molecule has 1 aromatic rings. The summed E-state index contributed by atoms with van der Waals surface area (Å²) < 4.78 is 5.62. The quantitative estimate of drug-likeness (QED) is 0.743. The van der Waals surface area contributed by atoms with E-state index in [2.05, 4.69) is 26.6 Å². The van der Waals surface area contributed by atoms with Gasteiger partial charge in [-0.15, -0.1) is 0 Å². The van der Waals surface area contributed by atoms with Gasteiger partial charge in [-0.05, 0) is 47.8 Å². The topological polar surface area (TPSA) is 84.5 Å². The summed E-state index contributed by atoms with van der Waals surface area (Å²) in [4.78, 5) is 35.2. The maximum atomic E-state index is 11.9. The fourth-order valence-electron chi connectivity index (χ4n) is 1.73. The summed E-state index contributed by atoms with van der Waals surface area (Å²) in [5, 5.41) is 5.21. The van der Waals surface area contributed by atoms with E-state index < -0.39 is 12.1 Å². The number of esters is 1. The summed E-state index contributed by atoms with van der Waals surface area (Å²) >= 11 is 3.26. The number of halogens is 1. The van der Waals surface area contributed by atoms with Crippen LogP contribution in [-0.4, -0.2) is 36.5 Å². The van der Waals surface area contributed by atoms with Crippen molar-refractivity contribution in [3.05, 3.63) is 34.3 Å². The van der Waals surface area contributed by atoms with Crippen LogP contribution in [0.15, 0.2) is 28.7 Å². The predicted octanol–water partition coefficient (Wildman–Crippen LogP) is 1.39. The van der Waals surface area contributed by atoms with Crippen molar-refractivity contribution in [3.8, 4) is 0 Å². The smallest absolute Gasteiger partial charge is 0.326 e. The molecule has 0 spiro atoms. The van der Waals surface area contributed by atoms with Gasteiger partial charge < -0.3 is 15.4 Å². The molecule has 0 heterocycles. The first-order valence-corrected chi connectivity index (χ1v) is 7.79. The summed E-state index contributed by atoms with van der Waals surface area (Å²) in [7, 11) is 0. The maximum absolute atomic E-state index is 11.9. The standard InChI is InChI=1S/C15H17BrN2O4/c1-9(14(20)18-10-6-7-10)22-13(19)8-17-15(21)11-4-2-3-5-12(11)16/h2-5,9-10H,6-8H2,1H3,(H,17,21)(H,18,20)/t9-/m1/s1. The van der Waals surface area contributed by atoms with E-state index in [0.717, 1.165) is 12.8 Å². The third-order valence-corrected chi connectivity index (χ3v) is 3.80. The van der Waals surface area contributed by atoms with Crippen LogP contribution >= 0.6 is 15.9 Å². The Labute approximate surface area is 136 Å². The van der Waals surface area contributed by atoms with Gasteiger partial charge in [-0.25, -0.2) is 0 Å². The van der Waals surface area contributed by atoms with E-state index in [4.69, 9.17) is 4.74 Å². The first-order chi connectivity index (χ1) is 10.5. The van der Waals surface area contributed by atoms with Crippen LogP contribution in [0.1, 0.15) is 30.1 Å². The lowest BCUT2D eigenvalue weighted by Crippen LogP contribution is -2.39. The van der Waals surface area contributed by atoms with Gasteiger partial charge >= 0.3 is 5.97 Å². The van der Waals surface area contributed by atoms with Crippen LogP contribution in [0.3, 0.4) is 0 Å². The van der Waals surface area contributed by atoms with E-state index >= 15 is 0 Å². The van der Waals surface area contributed by atoms with Crippen LogP contribution in [0.5, 0.6) is 0 Å². The Hall–Kier alpha value is -1.89. The molecule has 1 aliphatic carbocycles. The summed E-state index contributed by atoms with van der Waals surface area (Å²) in [5.74, 6) is -1.36. The van der Waals surface area contributed by atoms with E-state index in [1.807, 2.05) is 0 Å². The molecular formula is C15H17BrN2O4. The Morgan fingerprint density at radius 2 is 2.00 bits per heavy atom. The molecule has 1 atom stereocenters. The minimum atomic E-state index is -0.867. The lowest BCUT2D eigenvalue weighted by Gasteiger charge is -2.13. The largest absolute Gasteiger partial charge is 0.451 e. The zero-order valence-electron chi connectivity index (χ0n) is 12.1. The van der Waals surface area contributed by atoms with Gasteiger partial charge in [0.1, 0.15) is 6.54 Å². The van der Waals surface area contributed by atoms with Crippen molar-refractivity contribution in [2.24, 2.45) is 0 Å². The molecule has 1 fully saturated rings. The number of carbonyl (C=O) groups excluding carboxylic acids is 3. The fraction of sp³-hybridized carbons (Fsp3) is 0.400. The van der Waals surface area contributed by atoms with Crippen LogP contribution < -0.4 is 10.6 Å². The maximum Gasteiger partial charge on any atom is 0.326 e. The molecule has 7 heteroatoms. The monoisotopic (exact) mass is 368 g/mol. The molecule has 2 N–H and O–H groups in total. The minimum absolute atomic E-state index is 0.212. The van der Waals surface area contributed by atoms with Crippen LogP contribution in [0, 0.1) is 0 Å². The van der Waals surface area contributed by atoms with Crippen LogP contribution in [0.25, 0.3) is 0 Å². The number of nitrogens with one attached hydrogen (secondary N) is 2. The molecule has 0 bridgehead atoms. The minimum Gasteiger partial charge on any atom is -0.451 e. The molecule has 6 nitrogen and oxygen atoms in total. The SMILES string of the molecule is C[C@@H](OC(=O)CNC(=O)c1ccccc1Br)C(=O)NC1CC1. The van der Waals surface area contributed by atoms with E-state index in [1.54, 1.807) is 24.3 Å². The number of amides is 2. The second kappa shape index (κ2) is 7.40. The van der Waals surface area contributed by atoms with E-state index in [9.17, 15) is 14.4 Å². The van der Waals surface area contributed by atoms with Gasteiger partial charge in [0.2, 0.25) is 0 Å². The summed E-state index contributed by atoms with van der Waals surface area (Å²) in [6.45, 7) is 1.21. The first kappa shape index (κ1) is 16.5. The summed E-state index contributed by atoms with van der Waals surface area (Å²) in [6.07, 6.45) is 1.07. The van der Waals surface area contributed by atoms with Gasteiger partial charge in [0.15, 0.2) is 6.10 Å². The molecule has 0 unspecified atom stereocenters. The molecule has 1 aromatic carbocycles. The molecule has 0 aromatic heterocycles. The molecule has 0 radical (unpaired) electrons. The Balaban J connectivity index is 1.76. The van der Waals surface area contributed by atoms with Gasteiger partial charge in [-0.1, -0.05) is 12.1 Å². The van der Waals surface area contributed by atoms with Crippen molar-refractivity contribution in [1.29, 1.82) is 0 Å². The Morgan fingerprint density at radius 1 is 1.32 bits per heavy atom. The van der Waals surface area contributed by atoms with Gasteiger partial charge in [-0.2, -0.15) is 0 Å². The Morgan fingerprint density at radius 3 is 2.64 bits per heavy atom. The third kappa shape index (κ3) is 4.84. The summed E-state index contributed by atoms with van der Waals surface area (Å²) in [5.41, 5.74) is 0.426. The van der Waals surface area contributed by atoms with Crippen molar-refractivity contribution in [1.82, 2.24) is 10.6 Å². The van der Waals surface area contributed by atoms with Crippen LogP contribution in [0.2, 0.25) is 0 Å². The van der Waals surface area contributed by atoms with E-state index in [1.165, 1.54) is 6.92 Å². The summed E-state index contributed by atoms with van der Waals surface area (Å²) in [6, 6.07) is 7.09. The number of benzene rings is 1. The van der Waals surface area contributed by atoms with Gasteiger partial charge in [0.05, 0.1) is 5.56 Å². The van der Waals surface area contributed by atoms with Crippen LogP contribution in [0.4, 0.5) is 0 Å². The highest BCUT2D eigenvalue weighted by molar-refractivity contribution is 9.10. The van der Waals surface area contributed by atoms with Gasteiger partial charge in [0.25, 0.3) is 11.8 Å². The van der Waals surface area contributed by atoms with Crippen molar-refractivity contribution < 1.29 is 19.1 Å².